The van der Waals surface area contributed by atoms with Gasteiger partial charge in [0.05, 0.1) is 6.61 Å². The van der Waals surface area contributed by atoms with Gasteiger partial charge in [-0.25, -0.2) is 4.98 Å². The highest BCUT2D eigenvalue weighted by Gasteiger charge is 2.13. The number of ether oxygens (including phenoxy) is 3. The Kier molecular flexibility index (Phi) is 5.22. The van der Waals surface area contributed by atoms with Crippen molar-refractivity contribution in [2.75, 3.05) is 19.8 Å². The van der Waals surface area contributed by atoms with Crippen molar-refractivity contribution >= 4 is 15.9 Å². The Morgan fingerprint density at radius 3 is 3.00 bits per heavy atom. The van der Waals surface area contributed by atoms with Crippen LogP contribution in [0.25, 0.3) is 0 Å². The minimum Gasteiger partial charge on any atom is -0.475 e. The fourth-order valence-electron chi connectivity index (χ4n) is 1.62. The van der Waals surface area contributed by atoms with E-state index in [9.17, 15) is 0 Å². The quantitative estimate of drug-likeness (QED) is 0.784. The molecule has 2 heterocycles. The molecule has 0 saturated carbocycles. The lowest BCUT2D eigenvalue weighted by Gasteiger charge is -2.22. The van der Waals surface area contributed by atoms with Crippen molar-refractivity contribution in [3.8, 4) is 5.88 Å². The Labute approximate surface area is 109 Å². The second-order valence-electron chi connectivity index (χ2n) is 3.83. The first-order chi connectivity index (χ1) is 8.34. The molecule has 0 aromatic carbocycles. The second kappa shape index (κ2) is 6.93. The lowest BCUT2D eigenvalue weighted by atomic mass is 10.2. The normalized spacial score (nSPS) is 20.2. The molecule has 4 nitrogen and oxygen atoms in total. The summed E-state index contributed by atoms with van der Waals surface area (Å²) in [6.07, 6.45) is 4.96. The molecule has 1 aromatic heterocycles. The SMILES string of the molecule is Brc1ccc(OCCOC2CCCCO2)nc1. The van der Waals surface area contributed by atoms with Crippen LogP contribution in [0, 0.1) is 0 Å². The fraction of sp³-hybridized carbons (Fsp3) is 0.583. The average molecular weight is 302 g/mol. The third-order valence-electron chi connectivity index (χ3n) is 2.48. The molecule has 17 heavy (non-hydrogen) atoms. The van der Waals surface area contributed by atoms with E-state index in [4.69, 9.17) is 14.2 Å². The predicted molar refractivity (Wildman–Crippen MR) is 67.0 cm³/mol. The summed E-state index contributed by atoms with van der Waals surface area (Å²) in [5, 5.41) is 0. The topological polar surface area (TPSA) is 40.6 Å². The van der Waals surface area contributed by atoms with E-state index in [0.717, 1.165) is 23.9 Å². The van der Waals surface area contributed by atoms with Gasteiger partial charge in [0.2, 0.25) is 5.88 Å². The molecule has 0 spiro atoms. The summed E-state index contributed by atoms with van der Waals surface area (Å²) in [6.45, 7) is 1.83. The summed E-state index contributed by atoms with van der Waals surface area (Å²) >= 11 is 3.32. The highest BCUT2D eigenvalue weighted by atomic mass is 79.9. The molecule has 0 amide bonds. The molecule has 0 N–H and O–H groups in total. The molecule has 1 aliphatic rings. The molecule has 1 fully saturated rings. The first-order valence-electron chi connectivity index (χ1n) is 5.82. The maximum Gasteiger partial charge on any atom is 0.213 e. The third kappa shape index (κ3) is 4.61. The largest absolute Gasteiger partial charge is 0.475 e. The van der Waals surface area contributed by atoms with E-state index >= 15 is 0 Å². The number of nitrogens with zero attached hydrogens (tertiary/aromatic N) is 1. The number of halogens is 1. The molecule has 0 aliphatic carbocycles. The van der Waals surface area contributed by atoms with E-state index in [-0.39, 0.29) is 6.29 Å². The number of hydrogen-bond acceptors (Lipinski definition) is 4. The van der Waals surface area contributed by atoms with Crippen molar-refractivity contribution in [3.63, 3.8) is 0 Å². The molecular formula is C12H16BrNO3. The molecule has 1 aliphatic heterocycles. The first-order valence-corrected chi connectivity index (χ1v) is 6.61. The zero-order valence-electron chi connectivity index (χ0n) is 9.60. The maximum absolute atomic E-state index is 5.54. The van der Waals surface area contributed by atoms with Crippen molar-refractivity contribution in [1.82, 2.24) is 4.98 Å². The Morgan fingerprint density at radius 1 is 1.35 bits per heavy atom. The van der Waals surface area contributed by atoms with Crippen LogP contribution in [0.15, 0.2) is 22.8 Å². The average Bonchev–Trinajstić information content (AvgIpc) is 2.38. The van der Waals surface area contributed by atoms with E-state index in [1.165, 1.54) is 6.42 Å². The van der Waals surface area contributed by atoms with Crippen LogP contribution in [0.3, 0.4) is 0 Å². The predicted octanol–water partition coefficient (Wildman–Crippen LogP) is 2.77. The lowest BCUT2D eigenvalue weighted by molar-refractivity contribution is -0.165. The van der Waals surface area contributed by atoms with Crippen molar-refractivity contribution in [3.05, 3.63) is 22.8 Å². The van der Waals surface area contributed by atoms with Gasteiger partial charge in [-0.05, 0) is 41.3 Å². The highest BCUT2D eigenvalue weighted by molar-refractivity contribution is 9.10. The van der Waals surface area contributed by atoms with Gasteiger partial charge in [-0.3, -0.25) is 0 Å². The van der Waals surface area contributed by atoms with Crippen LogP contribution in [-0.2, 0) is 9.47 Å². The number of rotatable bonds is 5. The Bertz CT molecular complexity index is 325. The van der Waals surface area contributed by atoms with Gasteiger partial charge in [0.15, 0.2) is 6.29 Å². The molecule has 0 bridgehead atoms. The Hall–Kier alpha value is -0.650. The van der Waals surface area contributed by atoms with Crippen LogP contribution in [0.2, 0.25) is 0 Å². The van der Waals surface area contributed by atoms with Crippen molar-refractivity contribution < 1.29 is 14.2 Å². The van der Waals surface area contributed by atoms with Crippen LogP contribution < -0.4 is 4.74 Å². The molecular weight excluding hydrogens is 286 g/mol. The number of hydrogen-bond donors (Lipinski definition) is 0. The van der Waals surface area contributed by atoms with Crippen molar-refractivity contribution in [2.45, 2.75) is 25.6 Å². The number of pyridine rings is 1. The molecule has 0 radical (unpaired) electrons. The van der Waals surface area contributed by atoms with Gasteiger partial charge in [-0.15, -0.1) is 0 Å². The maximum atomic E-state index is 5.54. The van der Waals surface area contributed by atoms with E-state index in [2.05, 4.69) is 20.9 Å². The summed E-state index contributed by atoms with van der Waals surface area (Å²) in [7, 11) is 0. The number of aromatic nitrogens is 1. The minimum absolute atomic E-state index is 0.0507. The molecule has 1 unspecified atom stereocenters. The summed E-state index contributed by atoms with van der Waals surface area (Å²) in [5.41, 5.74) is 0. The Morgan fingerprint density at radius 2 is 2.29 bits per heavy atom. The van der Waals surface area contributed by atoms with E-state index in [1.54, 1.807) is 6.20 Å². The summed E-state index contributed by atoms with van der Waals surface area (Å²) < 4.78 is 17.4. The minimum atomic E-state index is -0.0507. The Balaban J connectivity index is 1.60. The molecule has 1 aromatic rings. The van der Waals surface area contributed by atoms with Crippen LogP contribution in [-0.4, -0.2) is 31.1 Å². The standard InChI is InChI=1S/C12H16BrNO3/c13-10-4-5-11(14-9-10)15-7-8-17-12-3-1-2-6-16-12/h4-5,9,12H,1-3,6-8H2. The summed E-state index contributed by atoms with van der Waals surface area (Å²) in [5.74, 6) is 0.612. The summed E-state index contributed by atoms with van der Waals surface area (Å²) in [6, 6.07) is 3.72. The van der Waals surface area contributed by atoms with Gasteiger partial charge in [0, 0.05) is 23.3 Å². The summed E-state index contributed by atoms with van der Waals surface area (Å²) in [4.78, 5) is 4.11. The molecule has 5 heteroatoms. The van der Waals surface area contributed by atoms with Gasteiger partial charge in [-0.2, -0.15) is 0 Å². The van der Waals surface area contributed by atoms with Crippen molar-refractivity contribution in [1.29, 1.82) is 0 Å². The van der Waals surface area contributed by atoms with Gasteiger partial charge in [0.25, 0.3) is 0 Å². The highest BCUT2D eigenvalue weighted by Crippen LogP contribution is 2.14. The molecule has 94 valence electrons. The van der Waals surface area contributed by atoms with E-state index in [1.807, 2.05) is 12.1 Å². The van der Waals surface area contributed by atoms with E-state index < -0.39 is 0 Å². The van der Waals surface area contributed by atoms with Crippen molar-refractivity contribution in [2.24, 2.45) is 0 Å². The van der Waals surface area contributed by atoms with Gasteiger partial charge in [0.1, 0.15) is 6.61 Å². The van der Waals surface area contributed by atoms with Gasteiger partial charge >= 0.3 is 0 Å². The van der Waals surface area contributed by atoms with Gasteiger partial charge in [-0.1, -0.05) is 0 Å². The molecule has 2 rings (SSSR count). The van der Waals surface area contributed by atoms with Crippen LogP contribution in [0.1, 0.15) is 19.3 Å². The van der Waals surface area contributed by atoms with Crippen LogP contribution >= 0.6 is 15.9 Å². The van der Waals surface area contributed by atoms with E-state index in [0.29, 0.717) is 19.1 Å². The lowest BCUT2D eigenvalue weighted by Crippen LogP contribution is -2.24. The molecule has 1 atom stereocenters. The second-order valence-corrected chi connectivity index (χ2v) is 4.75. The molecule has 1 saturated heterocycles. The zero-order valence-corrected chi connectivity index (χ0v) is 11.2. The van der Waals surface area contributed by atoms with Crippen LogP contribution in [0.4, 0.5) is 0 Å². The first kappa shape index (κ1) is 12.8. The van der Waals surface area contributed by atoms with Crippen LogP contribution in [0.5, 0.6) is 5.88 Å². The smallest absolute Gasteiger partial charge is 0.213 e. The van der Waals surface area contributed by atoms with Gasteiger partial charge < -0.3 is 14.2 Å². The monoisotopic (exact) mass is 301 g/mol. The zero-order chi connectivity index (χ0) is 11.9. The fourth-order valence-corrected chi connectivity index (χ4v) is 1.85. The third-order valence-corrected chi connectivity index (χ3v) is 2.94.